The molecule has 1 aromatic carbocycles. The number of ether oxygens (including phenoxy) is 1. The lowest BCUT2D eigenvalue weighted by Gasteiger charge is -2.31. The summed E-state index contributed by atoms with van der Waals surface area (Å²) in [6, 6.07) is 18.9. The van der Waals surface area contributed by atoms with Crippen LogP contribution in [-0.4, -0.2) is 43.5 Å². The van der Waals surface area contributed by atoms with Crippen molar-refractivity contribution in [1.82, 2.24) is 24.5 Å². The van der Waals surface area contributed by atoms with Crippen molar-refractivity contribution in [3.05, 3.63) is 84.4 Å². The molecule has 1 aliphatic heterocycles. The van der Waals surface area contributed by atoms with Gasteiger partial charge in [0.1, 0.15) is 11.6 Å². The number of para-hydroxylation sites is 1. The molecule has 5 rings (SSSR count). The van der Waals surface area contributed by atoms with Gasteiger partial charge >= 0.3 is 0 Å². The standard InChI is InChI=1S/C23H21N5O2/c29-23(18-9-10-21(24-16-18)30-19-6-2-1-3-7-19)27-14-11-17(12-15-27)22-26-25-20-8-4-5-13-28(20)22/h1-10,13,16-17H,11-12,14-15H2. The molecule has 30 heavy (non-hydrogen) atoms. The van der Waals surface area contributed by atoms with Crippen LogP contribution in [0.5, 0.6) is 11.6 Å². The van der Waals surface area contributed by atoms with E-state index in [-0.39, 0.29) is 5.91 Å². The van der Waals surface area contributed by atoms with Crippen LogP contribution >= 0.6 is 0 Å². The van der Waals surface area contributed by atoms with E-state index in [1.165, 1.54) is 0 Å². The number of hydrogen-bond donors (Lipinski definition) is 0. The molecule has 0 N–H and O–H groups in total. The molecule has 1 fully saturated rings. The highest BCUT2D eigenvalue weighted by Gasteiger charge is 2.27. The van der Waals surface area contributed by atoms with Gasteiger partial charge in [0.2, 0.25) is 5.88 Å². The fourth-order valence-corrected chi connectivity index (χ4v) is 3.84. The minimum Gasteiger partial charge on any atom is -0.439 e. The summed E-state index contributed by atoms with van der Waals surface area (Å²) < 4.78 is 7.74. The monoisotopic (exact) mass is 399 g/mol. The maximum absolute atomic E-state index is 12.9. The largest absolute Gasteiger partial charge is 0.439 e. The van der Waals surface area contributed by atoms with E-state index in [2.05, 4.69) is 15.2 Å². The van der Waals surface area contributed by atoms with Crippen molar-refractivity contribution in [2.45, 2.75) is 18.8 Å². The smallest absolute Gasteiger partial charge is 0.255 e. The van der Waals surface area contributed by atoms with Crippen molar-refractivity contribution in [1.29, 1.82) is 0 Å². The van der Waals surface area contributed by atoms with E-state index in [9.17, 15) is 4.79 Å². The number of pyridine rings is 2. The number of carbonyl (C=O) groups is 1. The first-order valence-corrected chi connectivity index (χ1v) is 10.1. The highest BCUT2D eigenvalue weighted by Crippen LogP contribution is 2.28. The van der Waals surface area contributed by atoms with Crippen molar-refractivity contribution in [2.24, 2.45) is 0 Å². The number of benzene rings is 1. The van der Waals surface area contributed by atoms with E-state index in [0.29, 0.717) is 36.2 Å². The Bertz CT molecular complexity index is 1150. The number of aromatic nitrogens is 4. The van der Waals surface area contributed by atoms with Crippen LogP contribution in [0.25, 0.3) is 5.65 Å². The lowest BCUT2D eigenvalue weighted by molar-refractivity contribution is 0.0710. The van der Waals surface area contributed by atoms with Gasteiger partial charge in [-0.15, -0.1) is 10.2 Å². The predicted molar refractivity (Wildman–Crippen MR) is 112 cm³/mol. The molecule has 0 saturated carbocycles. The Morgan fingerprint density at radius 3 is 2.50 bits per heavy atom. The molecule has 0 bridgehead atoms. The van der Waals surface area contributed by atoms with Crippen LogP contribution in [0.15, 0.2) is 73.1 Å². The molecule has 0 spiro atoms. The third-order valence-electron chi connectivity index (χ3n) is 5.44. The zero-order valence-electron chi connectivity index (χ0n) is 16.4. The molecule has 1 aliphatic rings. The van der Waals surface area contributed by atoms with Gasteiger partial charge in [0, 0.05) is 37.5 Å². The van der Waals surface area contributed by atoms with Crippen LogP contribution in [-0.2, 0) is 0 Å². The van der Waals surface area contributed by atoms with Gasteiger partial charge in [-0.1, -0.05) is 24.3 Å². The van der Waals surface area contributed by atoms with Gasteiger partial charge in [0.05, 0.1) is 5.56 Å². The zero-order chi connectivity index (χ0) is 20.3. The van der Waals surface area contributed by atoms with Crippen LogP contribution in [0.3, 0.4) is 0 Å². The quantitative estimate of drug-likeness (QED) is 0.520. The molecule has 0 radical (unpaired) electrons. The van der Waals surface area contributed by atoms with Gasteiger partial charge in [-0.2, -0.15) is 0 Å². The van der Waals surface area contributed by atoms with Gasteiger partial charge in [0.25, 0.3) is 5.91 Å². The highest BCUT2D eigenvalue weighted by atomic mass is 16.5. The Morgan fingerprint density at radius 1 is 0.933 bits per heavy atom. The number of fused-ring (bicyclic) bond motifs is 1. The van der Waals surface area contributed by atoms with E-state index < -0.39 is 0 Å². The first-order chi connectivity index (χ1) is 14.8. The Morgan fingerprint density at radius 2 is 1.73 bits per heavy atom. The summed E-state index contributed by atoms with van der Waals surface area (Å²) in [6.45, 7) is 1.38. The van der Waals surface area contributed by atoms with Crippen LogP contribution in [0.4, 0.5) is 0 Å². The van der Waals surface area contributed by atoms with Gasteiger partial charge in [-0.25, -0.2) is 4.98 Å². The number of piperidine rings is 1. The molecule has 150 valence electrons. The van der Waals surface area contributed by atoms with E-state index in [4.69, 9.17) is 4.74 Å². The van der Waals surface area contributed by atoms with Crippen LogP contribution in [0, 0.1) is 0 Å². The van der Waals surface area contributed by atoms with Crippen LogP contribution in [0.1, 0.15) is 34.9 Å². The number of carbonyl (C=O) groups excluding carboxylic acids is 1. The van der Waals surface area contributed by atoms with E-state index in [1.54, 1.807) is 18.3 Å². The van der Waals surface area contributed by atoms with Gasteiger partial charge in [-0.05, 0) is 43.2 Å². The summed E-state index contributed by atoms with van der Waals surface area (Å²) in [5, 5.41) is 8.62. The first-order valence-electron chi connectivity index (χ1n) is 10.1. The number of amides is 1. The minimum atomic E-state index is -0.00156. The average molecular weight is 399 g/mol. The summed E-state index contributed by atoms with van der Waals surface area (Å²) in [5.41, 5.74) is 1.43. The Hall–Kier alpha value is -3.74. The third-order valence-corrected chi connectivity index (χ3v) is 5.44. The third kappa shape index (κ3) is 3.61. The second-order valence-corrected chi connectivity index (χ2v) is 7.35. The van der Waals surface area contributed by atoms with Crippen molar-refractivity contribution < 1.29 is 9.53 Å². The molecule has 3 aromatic heterocycles. The molecular formula is C23H21N5O2. The van der Waals surface area contributed by atoms with Gasteiger partial charge in [0.15, 0.2) is 5.65 Å². The second-order valence-electron chi connectivity index (χ2n) is 7.35. The highest BCUT2D eigenvalue weighted by molar-refractivity contribution is 5.94. The SMILES string of the molecule is O=C(c1ccc(Oc2ccccc2)nc1)N1CCC(c2nnc3ccccn23)CC1. The summed E-state index contributed by atoms with van der Waals surface area (Å²) in [5.74, 6) is 2.45. The lowest BCUT2D eigenvalue weighted by atomic mass is 9.95. The normalized spacial score (nSPS) is 14.7. The van der Waals surface area contributed by atoms with Gasteiger partial charge < -0.3 is 9.64 Å². The van der Waals surface area contributed by atoms with Gasteiger partial charge in [-0.3, -0.25) is 9.20 Å². The molecule has 4 heterocycles. The van der Waals surface area contributed by atoms with Crippen molar-refractivity contribution in [3.63, 3.8) is 0 Å². The fourth-order valence-electron chi connectivity index (χ4n) is 3.84. The van der Waals surface area contributed by atoms with Crippen molar-refractivity contribution in [3.8, 4) is 11.6 Å². The number of rotatable bonds is 4. The summed E-state index contributed by atoms with van der Waals surface area (Å²) in [7, 11) is 0. The Balaban J connectivity index is 1.22. The van der Waals surface area contributed by atoms with E-state index >= 15 is 0 Å². The average Bonchev–Trinajstić information content (AvgIpc) is 3.24. The van der Waals surface area contributed by atoms with Crippen molar-refractivity contribution in [2.75, 3.05) is 13.1 Å². The minimum absolute atomic E-state index is 0.00156. The molecule has 0 unspecified atom stereocenters. The topological polar surface area (TPSA) is 72.6 Å². The molecular weight excluding hydrogens is 378 g/mol. The van der Waals surface area contributed by atoms with Crippen molar-refractivity contribution >= 4 is 11.6 Å². The number of nitrogens with zero attached hydrogens (tertiary/aromatic N) is 5. The Labute approximate surface area is 174 Å². The first kappa shape index (κ1) is 18.3. The molecule has 1 amide bonds. The summed E-state index contributed by atoms with van der Waals surface area (Å²) >= 11 is 0. The lowest BCUT2D eigenvalue weighted by Crippen LogP contribution is -2.38. The maximum Gasteiger partial charge on any atom is 0.255 e. The molecule has 1 saturated heterocycles. The predicted octanol–water partition coefficient (Wildman–Crippen LogP) is 3.94. The summed E-state index contributed by atoms with van der Waals surface area (Å²) in [4.78, 5) is 19.1. The second kappa shape index (κ2) is 7.94. The molecule has 7 heteroatoms. The molecule has 0 aliphatic carbocycles. The van der Waals surface area contributed by atoms with Crippen LogP contribution < -0.4 is 4.74 Å². The number of hydrogen-bond acceptors (Lipinski definition) is 5. The number of likely N-dealkylation sites (tertiary alicyclic amines) is 1. The maximum atomic E-state index is 12.9. The fraction of sp³-hybridized carbons (Fsp3) is 0.217. The van der Waals surface area contributed by atoms with Crippen LogP contribution in [0.2, 0.25) is 0 Å². The molecule has 0 atom stereocenters. The Kier molecular flexibility index (Phi) is 4.85. The molecule has 4 aromatic rings. The van der Waals surface area contributed by atoms with E-state index in [1.807, 2.05) is 64.0 Å². The zero-order valence-corrected chi connectivity index (χ0v) is 16.4. The van der Waals surface area contributed by atoms with E-state index in [0.717, 1.165) is 24.3 Å². The summed E-state index contributed by atoms with van der Waals surface area (Å²) in [6.07, 6.45) is 5.31. The molecule has 7 nitrogen and oxygen atoms in total.